The number of benzene rings is 2. The molecule has 2 rings (SSSR count). The number of hydrogen-bond donors (Lipinski definition) is 3. The van der Waals surface area contributed by atoms with E-state index in [-0.39, 0.29) is 6.42 Å². The molecule has 0 spiro atoms. The van der Waals surface area contributed by atoms with E-state index in [1.165, 1.54) is 0 Å². The Bertz CT molecular complexity index is 656. The number of carbonyl (C=O) groups is 2. The topological polar surface area (TPSA) is 87.7 Å². The van der Waals surface area contributed by atoms with E-state index in [1.54, 1.807) is 55.6 Å². The van der Waals surface area contributed by atoms with Crippen molar-refractivity contribution in [3.05, 3.63) is 60.2 Å². The van der Waals surface area contributed by atoms with Gasteiger partial charge in [0.15, 0.2) is 0 Å². The number of aliphatic carboxylic acids is 1. The minimum Gasteiger partial charge on any atom is -0.497 e. The van der Waals surface area contributed by atoms with Gasteiger partial charge in [-0.1, -0.05) is 30.3 Å². The van der Waals surface area contributed by atoms with E-state index in [1.807, 2.05) is 6.07 Å². The molecule has 0 radical (unpaired) electrons. The molecule has 0 heterocycles. The maximum Gasteiger partial charge on any atom is 0.319 e. The molecule has 2 aromatic carbocycles. The lowest BCUT2D eigenvalue weighted by Gasteiger charge is -2.18. The maximum absolute atomic E-state index is 12.1. The fourth-order valence-corrected chi connectivity index (χ4v) is 2.11. The second kappa shape index (κ2) is 7.84. The molecule has 2 aromatic rings. The third-order valence-corrected chi connectivity index (χ3v) is 3.23. The standard InChI is InChI=1S/C17H18N2O4/c1-23-14-9-7-12(8-10-14)15(11-16(20)21)19-17(22)18-13-5-3-2-4-6-13/h2-10,15H,11H2,1H3,(H,20,21)(H2,18,19,22). The summed E-state index contributed by atoms with van der Waals surface area (Å²) in [7, 11) is 1.55. The molecule has 0 bridgehead atoms. The molecule has 0 saturated carbocycles. The van der Waals surface area contributed by atoms with Crippen molar-refractivity contribution in [2.24, 2.45) is 0 Å². The van der Waals surface area contributed by atoms with Crippen LogP contribution in [0.2, 0.25) is 0 Å². The number of hydrogen-bond acceptors (Lipinski definition) is 3. The van der Waals surface area contributed by atoms with Crippen LogP contribution >= 0.6 is 0 Å². The summed E-state index contributed by atoms with van der Waals surface area (Å²) in [5.74, 6) is -0.331. The highest BCUT2D eigenvalue weighted by molar-refractivity contribution is 5.89. The Morgan fingerprint density at radius 2 is 1.74 bits per heavy atom. The molecule has 1 atom stereocenters. The zero-order valence-electron chi connectivity index (χ0n) is 12.7. The minimum atomic E-state index is -0.995. The molecular formula is C17H18N2O4. The van der Waals surface area contributed by atoms with Crippen molar-refractivity contribution in [2.75, 3.05) is 12.4 Å². The van der Waals surface area contributed by atoms with Crippen LogP contribution in [0.15, 0.2) is 54.6 Å². The molecule has 6 nitrogen and oxygen atoms in total. The highest BCUT2D eigenvalue weighted by atomic mass is 16.5. The normalized spacial score (nSPS) is 11.3. The zero-order valence-corrected chi connectivity index (χ0v) is 12.7. The largest absolute Gasteiger partial charge is 0.497 e. The van der Waals surface area contributed by atoms with E-state index in [0.29, 0.717) is 17.0 Å². The molecule has 0 fully saturated rings. The highest BCUT2D eigenvalue weighted by Gasteiger charge is 2.18. The monoisotopic (exact) mass is 314 g/mol. The molecule has 0 aromatic heterocycles. The molecule has 0 saturated heterocycles. The van der Waals surface area contributed by atoms with Gasteiger partial charge in [-0.15, -0.1) is 0 Å². The number of nitrogens with one attached hydrogen (secondary N) is 2. The number of ether oxygens (including phenoxy) is 1. The Morgan fingerprint density at radius 1 is 1.09 bits per heavy atom. The van der Waals surface area contributed by atoms with Gasteiger partial charge in [-0.3, -0.25) is 4.79 Å². The van der Waals surface area contributed by atoms with E-state index in [9.17, 15) is 9.59 Å². The first-order chi connectivity index (χ1) is 11.1. The summed E-state index contributed by atoms with van der Waals surface area (Å²) in [6, 6.07) is 14.8. The fourth-order valence-electron chi connectivity index (χ4n) is 2.11. The number of anilines is 1. The second-order valence-electron chi connectivity index (χ2n) is 4.89. The number of para-hydroxylation sites is 1. The van der Waals surface area contributed by atoms with Crippen LogP contribution in [-0.4, -0.2) is 24.2 Å². The van der Waals surface area contributed by atoms with Crippen molar-refractivity contribution < 1.29 is 19.4 Å². The van der Waals surface area contributed by atoms with Crippen molar-refractivity contribution in [2.45, 2.75) is 12.5 Å². The summed E-state index contributed by atoms with van der Waals surface area (Å²) in [6.45, 7) is 0. The van der Waals surface area contributed by atoms with Crippen LogP contribution in [-0.2, 0) is 4.79 Å². The summed E-state index contributed by atoms with van der Waals surface area (Å²) in [5, 5.41) is 14.4. The van der Waals surface area contributed by atoms with E-state index >= 15 is 0 Å². The Kier molecular flexibility index (Phi) is 5.57. The van der Waals surface area contributed by atoms with Crippen LogP contribution in [0.25, 0.3) is 0 Å². The van der Waals surface area contributed by atoms with Gasteiger partial charge in [0.05, 0.1) is 19.6 Å². The SMILES string of the molecule is COc1ccc(C(CC(=O)O)NC(=O)Nc2ccccc2)cc1. The van der Waals surface area contributed by atoms with Gasteiger partial charge in [0.25, 0.3) is 0 Å². The van der Waals surface area contributed by atoms with Crippen molar-refractivity contribution in [3.63, 3.8) is 0 Å². The van der Waals surface area contributed by atoms with Crippen LogP contribution in [0.3, 0.4) is 0 Å². The molecule has 23 heavy (non-hydrogen) atoms. The van der Waals surface area contributed by atoms with E-state index in [2.05, 4.69) is 10.6 Å². The van der Waals surface area contributed by atoms with Crippen molar-refractivity contribution in [1.29, 1.82) is 0 Å². The Labute approximate surface area is 134 Å². The van der Waals surface area contributed by atoms with Crippen molar-refractivity contribution >= 4 is 17.7 Å². The first kappa shape index (κ1) is 16.4. The van der Waals surface area contributed by atoms with Gasteiger partial charge in [-0.05, 0) is 29.8 Å². The van der Waals surface area contributed by atoms with Gasteiger partial charge in [-0.25, -0.2) is 4.79 Å². The van der Waals surface area contributed by atoms with E-state index < -0.39 is 18.0 Å². The summed E-state index contributed by atoms with van der Waals surface area (Å²) >= 11 is 0. The average Bonchev–Trinajstić information content (AvgIpc) is 2.55. The molecule has 3 N–H and O–H groups in total. The van der Waals surface area contributed by atoms with Gasteiger partial charge < -0.3 is 20.5 Å². The molecule has 0 aliphatic rings. The van der Waals surface area contributed by atoms with Crippen LogP contribution < -0.4 is 15.4 Å². The summed E-state index contributed by atoms with van der Waals surface area (Å²) in [4.78, 5) is 23.1. The molecule has 0 aliphatic carbocycles. The highest BCUT2D eigenvalue weighted by Crippen LogP contribution is 2.20. The third-order valence-electron chi connectivity index (χ3n) is 3.23. The number of carboxylic acid groups (broad SMARTS) is 1. The molecule has 0 aliphatic heterocycles. The lowest BCUT2D eigenvalue weighted by molar-refractivity contribution is -0.137. The van der Waals surface area contributed by atoms with E-state index in [4.69, 9.17) is 9.84 Å². The molecule has 6 heteroatoms. The molecular weight excluding hydrogens is 296 g/mol. The Hall–Kier alpha value is -3.02. The summed E-state index contributed by atoms with van der Waals surface area (Å²) in [5.41, 5.74) is 1.32. The van der Waals surface area contributed by atoms with Crippen LogP contribution in [0.4, 0.5) is 10.5 Å². The first-order valence-corrected chi connectivity index (χ1v) is 7.07. The lowest BCUT2D eigenvalue weighted by atomic mass is 10.0. The van der Waals surface area contributed by atoms with Crippen molar-refractivity contribution in [3.8, 4) is 5.75 Å². The number of amides is 2. The second-order valence-corrected chi connectivity index (χ2v) is 4.89. The van der Waals surface area contributed by atoms with Gasteiger partial charge in [0, 0.05) is 5.69 Å². The minimum absolute atomic E-state index is 0.214. The summed E-state index contributed by atoms with van der Waals surface area (Å²) in [6.07, 6.45) is -0.214. The van der Waals surface area contributed by atoms with Gasteiger partial charge in [0.1, 0.15) is 5.75 Å². The fraction of sp³-hybridized carbons (Fsp3) is 0.176. The van der Waals surface area contributed by atoms with Crippen LogP contribution in [0.5, 0.6) is 5.75 Å². The molecule has 1 unspecified atom stereocenters. The lowest BCUT2D eigenvalue weighted by Crippen LogP contribution is -2.33. The van der Waals surface area contributed by atoms with Gasteiger partial charge in [-0.2, -0.15) is 0 Å². The summed E-state index contributed by atoms with van der Waals surface area (Å²) < 4.78 is 5.07. The number of carbonyl (C=O) groups excluding carboxylic acids is 1. The van der Waals surface area contributed by atoms with Gasteiger partial charge in [0.2, 0.25) is 0 Å². The number of rotatable bonds is 6. The quantitative estimate of drug-likeness (QED) is 0.765. The van der Waals surface area contributed by atoms with Crippen LogP contribution in [0, 0.1) is 0 Å². The predicted molar refractivity (Wildman–Crippen MR) is 86.6 cm³/mol. The Morgan fingerprint density at radius 3 is 2.30 bits per heavy atom. The van der Waals surface area contributed by atoms with E-state index in [0.717, 1.165) is 0 Å². The zero-order chi connectivity index (χ0) is 16.7. The van der Waals surface area contributed by atoms with Crippen molar-refractivity contribution in [1.82, 2.24) is 5.32 Å². The average molecular weight is 314 g/mol. The number of carboxylic acids is 1. The smallest absolute Gasteiger partial charge is 0.319 e. The van der Waals surface area contributed by atoms with Gasteiger partial charge >= 0.3 is 12.0 Å². The van der Waals surface area contributed by atoms with Crippen LogP contribution in [0.1, 0.15) is 18.0 Å². The molecule has 2 amide bonds. The third kappa shape index (κ3) is 5.03. The number of urea groups is 1. The maximum atomic E-state index is 12.1. The Balaban J connectivity index is 2.08. The predicted octanol–water partition coefficient (Wildman–Crippen LogP) is 3.03. The number of methoxy groups -OCH3 is 1. The molecule has 120 valence electrons. The first-order valence-electron chi connectivity index (χ1n) is 7.07.